The van der Waals surface area contributed by atoms with Gasteiger partial charge in [-0.2, -0.15) is 0 Å². The SMILES string of the molecule is OC(Cc1ccccc1)c1cc(F)ccc1Br. The van der Waals surface area contributed by atoms with E-state index in [9.17, 15) is 9.50 Å². The maximum atomic E-state index is 13.1. The van der Waals surface area contributed by atoms with Crippen LogP contribution in [0.15, 0.2) is 53.0 Å². The number of halogens is 2. The highest BCUT2D eigenvalue weighted by Gasteiger charge is 2.12. The zero-order chi connectivity index (χ0) is 12.3. The van der Waals surface area contributed by atoms with Crippen LogP contribution in [0.25, 0.3) is 0 Å². The van der Waals surface area contributed by atoms with Crippen LogP contribution in [0.2, 0.25) is 0 Å². The third-order valence-corrected chi connectivity index (χ3v) is 3.31. The minimum absolute atomic E-state index is 0.338. The van der Waals surface area contributed by atoms with Crippen molar-refractivity contribution in [1.29, 1.82) is 0 Å². The molecule has 1 N–H and O–H groups in total. The molecule has 0 aliphatic carbocycles. The van der Waals surface area contributed by atoms with E-state index in [0.29, 0.717) is 12.0 Å². The van der Waals surface area contributed by atoms with Gasteiger partial charge in [0.2, 0.25) is 0 Å². The highest BCUT2D eigenvalue weighted by molar-refractivity contribution is 9.10. The van der Waals surface area contributed by atoms with Crippen LogP contribution in [0, 0.1) is 5.82 Å². The smallest absolute Gasteiger partial charge is 0.123 e. The second-order valence-corrected chi connectivity index (χ2v) is 4.73. The Hall–Kier alpha value is -1.19. The third kappa shape index (κ3) is 3.14. The number of hydrogen-bond donors (Lipinski definition) is 1. The molecule has 17 heavy (non-hydrogen) atoms. The van der Waals surface area contributed by atoms with Crippen molar-refractivity contribution in [2.24, 2.45) is 0 Å². The van der Waals surface area contributed by atoms with Crippen LogP contribution in [-0.2, 0) is 6.42 Å². The number of aliphatic hydroxyl groups excluding tert-OH is 1. The molecule has 3 heteroatoms. The molecule has 88 valence electrons. The Bertz CT molecular complexity index is 499. The molecule has 0 saturated carbocycles. The van der Waals surface area contributed by atoms with E-state index < -0.39 is 6.10 Å². The van der Waals surface area contributed by atoms with Crippen molar-refractivity contribution in [3.63, 3.8) is 0 Å². The first-order valence-corrected chi connectivity index (χ1v) is 6.13. The van der Waals surface area contributed by atoms with Crippen molar-refractivity contribution >= 4 is 15.9 Å². The Balaban J connectivity index is 2.20. The van der Waals surface area contributed by atoms with E-state index in [1.54, 1.807) is 6.07 Å². The second-order valence-electron chi connectivity index (χ2n) is 3.87. The van der Waals surface area contributed by atoms with E-state index in [-0.39, 0.29) is 5.82 Å². The highest BCUT2D eigenvalue weighted by atomic mass is 79.9. The number of aliphatic hydroxyl groups is 1. The first-order valence-electron chi connectivity index (χ1n) is 5.34. The molecule has 0 spiro atoms. The van der Waals surface area contributed by atoms with Gasteiger partial charge in [-0.1, -0.05) is 46.3 Å². The third-order valence-electron chi connectivity index (χ3n) is 2.59. The lowest BCUT2D eigenvalue weighted by Gasteiger charge is -2.13. The zero-order valence-corrected chi connectivity index (χ0v) is 10.7. The highest BCUT2D eigenvalue weighted by Crippen LogP contribution is 2.26. The predicted octanol–water partition coefficient (Wildman–Crippen LogP) is 3.86. The molecule has 0 bridgehead atoms. The molecule has 0 amide bonds. The fourth-order valence-corrected chi connectivity index (χ4v) is 2.23. The maximum Gasteiger partial charge on any atom is 0.123 e. The van der Waals surface area contributed by atoms with Crippen LogP contribution < -0.4 is 0 Å². The van der Waals surface area contributed by atoms with Crippen LogP contribution in [0.4, 0.5) is 4.39 Å². The van der Waals surface area contributed by atoms with Gasteiger partial charge >= 0.3 is 0 Å². The minimum Gasteiger partial charge on any atom is -0.388 e. The summed E-state index contributed by atoms with van der Waals surface area (Å²) in [4.78, 5) is 0. The van der Waals surface area contributed by atoms with E-state index in [1.165, 1.54) is 12.1 Å². The van der Waals surface area contributed by atoms with Gasteiger partial charge in [0.25, 0.3) is 0 Å². The molecule has 0 saturated heterocycles. The van der Waals surface area contributed by atoms with E-state index in [2.05, 4.69) is 15.9 Å². The number of rotatable bonds is 3. The van der Waals surface area contributed by atoms with Crippen LogP contribution >= 0.6 is 15.9 Å². The van der Waals surface area contributed by atoms with E-state index in [0.717, 1.165) is 10.0 Å². The largest absolute Gasteiger partial charge is 0.388 e. The summed E-state index contributed by atoms with van der Waals surface area (Å²) in [5.74, 6) is -0.338. The van der Waals surface area contributed by atoms with E-state index in [1.807, 2.05) is 30.3 Å². The van der Waals surface area contributed by atoms with Gasteiger partial charge in [-0.3, -0.25) is 0 Å². The minimum atomic E-state index is -0.706. The van der Waals surface area contributed by atoms with Gasteiger partial charge in [0.05, 0.1) is 6.10 Å². The molecule has 2 aromatic carbocycles. The van der Waals surface area contributed by atoms with Gasteiger partial charge in [-0.05, 0) is 29.3 Å². The second kappa shape index (κ2) is 5.43. The Labute approximate surface area is 108 Å². The summed E-state index contributed by atoms with van der Waals surface area (Å²) in [6, 6.07) is 14.0. The van der Waals surface area contributed by atoms with E-state index in [4.69, 9.17) is 0 Å². The molecular weight excluding hydrogens is 283 g/mol. The molecule has 2 aromatic rings. The van der Waals surface area contributed by atoms with Crippen LogP contribution in [-0.4, -0.2) is 5.11 Å². The quantitative estimate of drug-likeness (QED) is 0.911. The Kier molecular flexibility index (Phi) is 3.92. The van der Waals surface area contributed by atoms with Crippen molar-refractivity contribution in [3.8, 4) is 0 Å². The summed E-state index contributed by atoms with van der Waals surface area (Å²) in [6.45, 7) is 0. The van der Waals surface area contributed by atoms with Crippen molar-refractivity contribution < 1.29 is 9.50 Å². The monoisotopic (exact) mass is 294 g/mol. The summed E-state index contributed by atoms with van der Waals surface area (Å²) in [6.07, 6.45) is -0.231. The van der Waals surface area contributed by atoms with Gasteiger partial charge in [-0.25, -0.2) is 4.39 Å². The van der Waals surface area contributed by atoms with Crippen LogP contribution in [0.1, 0.15) is 17.2 Å². The molecule has 0 aliphatic rings. The first-order chi connectivity index (χ1) is 8.16. The summed E-state index contributed by atoms with van der Waals surface area (Å²) in [7, 11) is 0. The summed E-state index contributed by atoms with van der Waals surface area (Å²) in [5.41, 5.74) is 1.60. The molecule has 1 nitrogen and oxygen atoms in total. The van der Waals surface area contributed by atoms with Gasteiger partial charge in [0.15, 0.2) is 0 Å². The average molecular weight is 295 g/mol. The van der Waals surface area contributed by atoms with Crippen LogP contribution in [0.5, 0.6) is 0 Å². The molecule has 0 fully saturated rings. The van der Waals surface area contributed by atoms with Crippen molar-refractivity contribution in [3.05, 3.63) is 69.9 Å². The molecule has 2 rings (SSSR count). The maximum absolute atomic E-state index is 13.1. The van der Waals surface area contributed by atoms with Crippen molar-refractivity contribution in [1.82, 2.24) is 0 Å². The molecular formula is C14H12BrFO. The fraction of sp³-hybridized carbons (Fsp3) is 0.143. The van der Waals surface area contributed by atoms with E-state index >= 15 is 0 Å². The van der Waals surface area contributed by atoms with Crippen LogP contribution in [0.3, 0.4) is 0 Å². The number of hydrogen-bond acceptors (Lipinski definition) is 1. The topological polar surface area (TPSA) is 20.2 Å². The van der Waals surface area contributed by atoms with Gasteiger partial charge in [-0.15, -0.1) is 0 Å². The lowest BCUT2D eigenvalue weighted by Crippen LogP contribution is -2.03. The number of benzene rings is 2. The molecule has 0 radical (unpaired) electrons. The lowest BCUT2D eigenvalue weighted by atomic mass is 10.0. The van der Waals surface area contributed by atoms with Gasteiger partial charge in [0, 0.05) is 10.9 Å². The molecule has 0 aliphatic heterocycles. The summed E-state index contributed by atoms with van der Waals surface area (Å²) < 4.78 is 13.8. The van der Waals surface area contributed by atoms with Crippen molar-refractivity contribution in [2.75, 3.05) is 0 Å². The lowest BCUT2D eigenvalue weighted by molar-refractivity contribution is 0.177. The summed E-state index contributed by atoms with van der Waals surface area (Å²) >= 11 is 3.32. The Morgan fingerprint density at radius 2 is 1.82 bits per heavy atom. The zero-order valence-electron chi connectivity index (χ0n) is 9.11. The normalized spacial score (nSPS) is 12.4. The van der Waals surface area contributed by atoms with Gasteiger partial charge < -0.3 is 5.11 Å². The molecule has 0 heterocycles. The molecule has 1 atom stereocenters. The average Bonchev–Trinajstić information content (AvgIpc) is 2.33. The summed E-state index contributed by atoms with van der Waals surface area (Å²) in [5, 5.41) is 10.1. The Morgan fingerprint density at radius 3 is 2.53 bits per heavy atom. The first kappa shape index (κ1) is 12.3. The predicted molar refractivity (Wildman–Crippen MR) is 69.2 cm³/mol. The molecule has 1 unspecified atom stereocenters. The Morgan fingerprint density at radius 1 is 1.12 bits per heavy atom. The fourth-order valence-electron chi connectivity index (χ4n) is 1.72. The van der Waals surface area contributed by atoms with Crippen molar-refractivity contribution in [2.45, 2.75) is 12.5 Å². The standard InChI is InChI=1S/C14H12BrFO/c15-13-7-6-11(16)9-12(13)14(17)8-10-4-2-1-3-5-10/h1-7,9,14,17H,8H2. The molecule has 0 aromatic heterocycles. The van der Waals surface area contributed by atoms with Gasteiger partial charge in [0.1, 0.15) is 5.82 Å².